The van der Waals surface area contributed by atoms with Crippen molar-refractivity contribution in [1.82, 2.24) is 24.8 Å². The van der Waals surface area contributed by atoms with Crippen molar-refractivity contribution in [2.75, 3.05) is 42.9 Å². The Morgan fingerprint density at radius 2 is 2.15 bits per heavy atom. The summed E-state index contributed by atoms with van der Waals surface area (Å²) in [5, 5.41) is 3.35. The van der Waals surface area contributed by atoms with Crippen LogP contribution in [0.5, 0.6) is 0 Å². The molecule has 0 saturated carbocycles. The van der Waals surface area contributed by atoms with E-state index in [-0.39, 0.29) is 11.8 Å². The molecule has 2 aromatic rings. The maximum atomic E-state index is 12.7. The van der Waals surface area contributed by atoms with E-state index in [0.29, 0.717) is 18.1 Å². The number of nitrogens with one attached hydrogen (secondary N) is 2. The quantitative estimate of drug-likeness (QED) is 0.788. The number of hydrogen-bond donors (Lipinski definition) is 2. The van der Waals surface area contributed by atoms with Gasteiger partial charge in [-0.3, -0.25) is 4.79 Å². The highest BCUT2D eigenvalue weighted by atomic mass is 16.2. The second-order valence-corrected chi connectivity index (χ2v) is 6.70. The molecule has 0 bridgehead atoms. The molecule has 1 unspecified atom stereocenters. The van der Waals surface area contributed by atoms with Crippen LogP contribution in [0, 0.1) is 5.92 Å². The van der Waals surface area contributed by atoms with Crippen molar-refractivity contribution in [3.63, 3.8) is 0 Å². The minimum absolute atomic E-state index is 0.00850. The monoisotopic (exact) mass is 359 g/mol. The first-order chi connectivity index (χ1) is 12.7. The van der Waals surface area contributed by atoms with Crippen LogP contribution in [-0.2, 0) is 4.79 Å². The zero-order chi connectivity index (χ0) is 18.5. The van der Waals surface area contributed by atoms with Gasteiger partial charge in [-0.25, -0.2) is 4.98 Å². The van der Waals surface area contributed by atoms with Gasteiger partial charge in [0.1, 0.15) is 5.52 Å². The Hall–Kier alpha value is -2.38. The Morgan fingerprint density at radius 3 is 2.88 bits per heavy atom. The molecule has 8 nitrogen and oxygen atoms in total. The SMILES string of the molecule is CCCNc1nc(N2CCCC(C(=O)N(CC)CC)C2)nc2nc[nH]c12. The zero-order valence-corrected chi connectivity index (χ0v) is 16.0. The molecular formula is C18H29N7O. The van der Waals surface area contributed by atoms with Crippen molar-refractivity contribution in [1.29, 1.82) is 0 Å². The van der Waals surface area contributed by atoms with Crippen molar-refractivity contribution in [2.24, 2.45) is 5.92 Å². The molecule has 1 aliphatic rings. The number of hydrogen-bond acceptors (Lipinski definition) is 6. The second-order valence-electron chi connectivity index (χ2n) is 6.70. The third-order valence-corrected chi connectivity index (χ3v) is 4.94. The van der Waals surface area contributed by atoms with Crippen LogP contribution < -0.4 is 10.2 Å². The lowest BCUT2D eigenvalue weighted by atomic mass is 9.96. The highest BCUT2D eigenvalue weighted by Gasteiger charge is 2.30. The molecule has 3 heterocycles. The number of piperidine rings is 1. The molecule has 0 radical (unpaired) electrons. The Bertz CT molecular complexity index is 740. The molecule has 0 spiro atoms. The molecule has 142 valence electrons. The fraction of sp³-hybridized carbons (Fsp3) is 0.667. The number of nitrogens with zero attached hydrogens (tertiary/aromatic N) is 5. The number of aromatic nitrogens is 4. The molecular weight excluding hydrogens is 330 g/mol. The largest absolute Gasteiger partial charge is 0.368 e. The summed E-state index contributed by atoms with van der Waals surface area (Å²) in [7, 11) is 0. The molecule has 2 N–H and O–H groups in total. The molecule has 26 heavy (non-hydrogen) atoms. The number of amides is 1. The van der Waals surface area contributed by atoms with Gasteiger partial charge in [0.2, 0.25) is 11.9 Å². The summed E-state index contributed by atoms with van der Waals surface area (Å²) in [6, 6.07) is 0. The first kappa shape index (κ1) is 18.4. The zero-order valence-electron chi connectivity index (χ0n) is 16.0. The number of rotatable bonds is 7. The molecule has 1 aliphatic heterocycles. The van der Waals surface area contributed by atoms with Crippen molar-refractivity contribution in [3.8, 4) is 0 Å². The average molecular weight is 359 g/mol. The van der Waals surface area contributed by atoms with Gasteiger partial charge in [0.05, 0.1) is 12.2 Å². The van der Waals surface area contributed by atoms with E-state index in [9.17, 15) is 4.79 Å². The number of carbonyl (C=O) groups is 1. The molecule has 0 aromatic carbocycles. The van der Waals surface area contributed by atoms with E-state index < -0.39 is 0 Å². The fourth-order valence-corrected chi connectivity index (χ4v) is 3.49. The molecule has 1 amide bonds. The van der Waals surface area contributed by atoms with Gasteiger partial charge in [-0.15, -0.1) is 0 Å². The minimum atomic E-state index is 0.00850. The summed E-state index contributed by atoms with van der Waals surface area (Å²) in [6.45, 7) is 10.1. The van der Waals surface area contributed by atoms with Crippen LogP contribution in [0.4, 0.5) is 11.8 Å². The summed E-state index contributed by atoms with van der Waals surface area (Å²) in [5.74, 6) is 1.68. The van der Waals surface area contributed by atoms with E-state index >= 15 is 0 Å². The molecule has 1 atom stereocenters. The van der Waals surface area contributed by atoms with E-state index in [4.69, 9.17) is 4.98 Å². The number of aromatic amines is 1. The van der Waals surface area contributed by atoms with E-state index in [0.717, 1.165) is 56.8 Å². The van der Waals surface area contributed by atoms with Crippen molar-refractivity contribution >= 4 is 28.8 Å². The van der Waals surface area contributed by atoms with Crippen LogP contribution in [-0.4, -0.2) is 63.5 Å². The third kappa shape index (κ3) is 3.73. The Labute approximate surface area is 154 Å². The van der Waals surface area contributed by atoms with Gasteiger partial charge in [0.25, 0.3) is 0 Å². The summed E-state index contributed by atoms with van der Waals surface area (Å²) < 4.78 is 0. The Kier molecular flexibility index (Phi) is 5.90. The second kappa shape index (κ2) is 8.33. The van der Waals surface area contributed by atoms with Gasteiger partial charge in [-0.05, 0) is 33.1 Å². The Morgan fingerprint density at radius 1 is 1.35 bits per heavy atom. The first-order valence-electron chi connectivity index (χ1n) is 9.66. The van der Waals surface area contributed by atoms with Crippen LogP contribution in [0.2, 0.25) is 0 Å². The summed E-state index contributed by atoms with van der Waals surface area (Å²) in [4.78, 5) is 33.5. The van der Waals surface area contributed by atoms with Crippen LogP contribution in [0.25, 0.3) is 11.2 Å². The number of H-pyrrole nitrogens is 1. The highest BCUT2D eigenvalue weighted by molar-refractivity contribution is 5.84. The van der Waals surface area contributed by atoms with E-state index in [2.05, 4.69) is 32.1 Å². The van der Waals surface area contributed by atoms with Crippen LogP contribution in [0.1, 0.15) is 40.0 Å². The van der Waals surface area contributed by atoms with Gasteiger partial charge in [-0.1, -0.05) is 6.92 Å². The van der Waals surface area contributed by atoms with E-state index in [1.807, 2.05) is 18.7 Å². The maximum Gasteiger partial charge on any atom is 0.229 e. The van der Waals surface area contributed by atoms with Crippen LogP contribution in [0.15, 0.2) is 6.33 Å². The summed E-state index contributed by atoms with van der Waals surface area (Å²) >= 11 is 0. The highest BCUT2D eigenvalue weighted by Crippen LogP contribution is 2.25. The van der Waals surface area contributed by atoms with Crippen molar-refractivity contribution in [3.05, 3.63) is 6.33 Å². The lowest BCUT2D eigenvalue weighted by Crippen LogP contribution is -2.45. The number of anilines is 2. The molecule has 2 aromatic heterocycles. The lowest BCUT2D eigenvalue weighted by Gasteiger charge is -2.34. The molecule has 1 saturated heterocycles. The fourth-order valence-electron chi connectivity index (χ4n) is 3.49. The predicted octanol–water partition coefficient (Wildman–Crippen LogP) is 2.26. The van der Waals surface area contributed by atoms with Gasteiger partial charge in [0.15, 0.2) is 11.5 Å². The molecule has 3 rings (SSSR count). The van der Waals surface area contributed by atoms with Crippen LogP contribution >= 0.6 is 0 Å². The average Bonchev–Trinajstić information content (AvgIpc) is 3.15. The van der Waals surface area contributed by atoms with Gasteiger partial charge in [-0.2, -0.15) is 9.97 Å². The molecule has 8 heteroatoms. The number of carbonyl (C=O) groups excluding carboxylic acids is 1. The maximum absolute atomic E-state index is 12.7. The third-order valence-electron chi connectivity index (χ3n) is 4.94. The van der Waals surface area contributed by atoms with Crippen molar-refractivity contribution < 1.29 is 4.79 Å². The standard InChI is InChI=1S/C18H29N7O/c1-4-9-19-15-14-16(21-12-20-14)23-18(22-15)25-10-7-8-13(11-25)17(26)24(5-2)6-3/h12-13H,4-11H2,1-3H3,(H2,19,20,21,22,23). The Balaban J connectivity index is 1.82. The van der Waals surface area contributed by atoms with E-state index in [1.54, 1.807) is 6.33 Å². The van der Waals surface area contributed by atoms with Crippen LogP contribution in [0.3, 0.4) is 0 Å². The van der Waals surface area contributed by atoms with Gasteiger partial charge in [0, 0.05) is 32.7 Å². The number of imidazole rings is 1. The lowest BCUT2D eigenvalue weighted by molar-refractivity contribution is -0.135. The first-order valence-corrected chi connectivity index (χ1v) is 9.66. The van der Waals surface area contributed by atoms with Crippen molar-refractivity contribution in [2.45, 2.75) is 40.0 Å². The summed E-state index contributed by atoms with van der Waals surface area (Å²) in [6.07, 6.45) is 4.55. The topological polar surface area (TPSA) is 90.0 Å². The predicted molar refractivity (Wildman–Crippen MR) is 103 cm³/mol. The van der Waals surface area contributed by atoms with E-state index in [1.165, 1.54) is 0 Å². The summed E-state index contributed by atoms with van der Waals surface area (Å²) in [5.41, 5.74) is 1.49. The van der Waals surface area contributed by atoms with Gasteiger partial charge >= 0.3 is 0 Å². The normalized spacial score (nSPS) is 17.5. The van der Waals surface area contributed by atoms with Gasteiger partial charge < -0.3 is 20.1 Å². The number of fused-ring (bicyclic) bond motifs is 1. The molecule has 1 fully saturated rings. The smallest absolute Gasteiger partial charge is 0.229 e. The molecule has 0 aliphatic carbocycles. The minimum Gasteiger partial charge on any atom is -0.368 e.